The smallest absolute Gasteiger partial charge is 0.277 e. The molecule has 0 aromatic carbocycles. The van der Waals surface area contributed by atoms with Crippen molar-refractivity contribution in [3.05, 3.63) is 10.4 Å². The minimum absolute atomic E-state index is 0.0733. The van der Waals surface area contributed by atoms with Crippen LogP contribution in [0.5, 0.6) is 0 Å². The lowest BCUT2D eigenvalue weighted by molar-refractivity contribution is -0.0221. The fourth-order valence-electron chi connectivity index (χ4n) is 2.68. The van der Waals surface area contributed by atoms with Crippen LogP contribution in [0.25, 0.3) is 0 Å². The second-order valence-electron chi connectivity index (χ2n) is 5.26. The first-order valence-electron chi connectivity index (χ1n) is 6.40. The van der Waals surface area contributed by atoms with Crippen molar-refractivity contribution >= 4 is 17.5 Å². The number of hydrogen-bond donors (Lipinski definition) is 5. The summed E-state index contributed by atoms with van der Waals surface area (Å²) in [6.07, 6.45) is -3.74. The van der Waals surface area contributed by atoms with Gasteiger partial charge in [0.05, 0.1) is 13.3 Å². The minimum atomic E-state index is -2.14. The van der Waals surface area contributed by atoms with Gasteiger partial charge in [0.25, 0.3) is 5.56 Å². The van der Waals surface area contributed by atoms with Gasteiger partial charge < -0.3 is 30.9 Å². The molecule has 0 amide bonds. The number of nitrogens with one attached hydrogen (secondary N) is 2. The predicted octanol–water partition coefficient (Wildman–Crippen LogP) is -1.65. The minimum Gasteiger partial charge on any atom is -0.394 e. The van der Waals surface area contributed by atoms with Crippen molar-refractivity contribution in [2.45, 2.75) is 31.0 Å². The Kier molecular flexibility index (Phi) is 3.04. The molecule has 1 aromatic heterocycles. The number of alkyl halides is 1. The summed E-state index contributed by atoms with van der Waals surface area (Å²) in [5.74, 6) is 0.0428. The Morgan fingerprint density at radius 3 is 3.00 bits per heavy atom. The van der Waals surface area contributed by atoms with Gasteiger partial charge >= 0.3 is 0 Å². The predicted molar refractivity (Wildman–Crippen MR) is 71.5 cm³/mol. The number of hydrogen-bond acceptors (Lipinski definition) is 8. The molecule has 116 valence electrons. The van der Waals surface area contributed by atoms with Crippen molar-refractivity contribution in [2.24, 2.45) is 0 Å². The number of halogens is 1. The van der Waals surface area contributed by atoms with Crippen molar-refractivity contribution in [3.63, 3.8) is 0 Å². The quantitative estimate of drug-likeness (QED) is 0.438. The van der Waals surface area contributed by atoms with Gasteiger partial charge in [-0.3, -0.25) is 9.78 Å². The Balaban J connectivity index is 2.00. The molecule has 1 fully saturated rings. The van der Waals surface area contributed by atoms with Crippen molar-refractivity contribution in [1.82, 2.24) is 9.97 Å². The standard InChI is InChI=1S/C11H16FN5O4/c1-11(12)6(19)4(2-18)21-9(11)17-3-14-5-7(17)15-10(13)16-8(5)20/h4,6,9,14,18-19H,2-3H2,1H3,(H3,13,15,16,20)/t4?,6?,9-,11?/m1/s1. The normalized spacial score (nSPS) is 34.9. The van der Waals surface area contributed by atoms with E-state index in [1.165, 1.54) is 11.8 Å². The molecule has 3 rings (SSSR count). The van der Waals surface area contributed by atoms with Gasteiger partial charge in [0, 0.05) is 0 Å². The van der Waals surface area contributed by atoms with Crippen molar-refractivity contribution in [2.75, 3.05) is 29.2 Å². The summed E-state index contributed by atoms with van der Waals surface area (Å²) in [7, 11) is 0. The van der Waals surface area contributed by atoms with Crippen LogP contribution in [0.3, 0.4) is 0 Å². The SMILES string of the molecule is CC1(F)C(O)C(CO)O[C@H]1N1CNc2c1nc(N)[nH]c2=O. The summed E-state index contributed by atoms with van der Waals surface area (Å²) >= 11 is 0. The van der Waals surface area contributed by atoms with Gasteiger partial charge in [-0.15, -0.1) is 0 Å². The van der Waals surface area contributed by atoms with Crippen molar-refractivity contribution < 1.29 is 19.3 Å². The van der Waals surface area contributed by atoms with Crippen LogP contribution >= 0.6 is 0 Å². The molecule has 21 heavy (non-hydrogen) atoms. The van der Waals surface area contributed by atoms with Gasteiger partial charge in [-0.25, -0.2) is 4.39 Å². The van der Waals surface area contributed by atoms with Crippen LogP contribution in [0.2, 0.25) is 0 Å². The molecule has 2 aliphatic heterocycles. The van der Waals surface area contributed by atoms with E-state index in [0.717, 1.165) is 0 Å². The Bertz CT molecular complexity index is 621. The molecule has 10 heteroatoms. The maximum atomic E-state index is 14.8. The Morgan fingerprint density at radius 1 is 1.67 bits per heavy atom. The summed E-state index contributed by atoms with van der Waals surface area (Å²) in [5, 5.41) is 21.8. The molecule has 6 N–H and O–H groups in total. The lowest BCUT2D eigenvalue weighted by atomic mass is 9.98. The van der Waals surface area contributed by atoms with Crippen molar-refractivity contribution in [1.29, 1.82) is 0 Å². The average molecular weight is 301 g/mol. The van der Waals surface area contributed by atoms with E-state index in [1.807, 2.05) is 0 Å². The van der Waals surface area contributed by atoms with E-state index >= 15 is 0 Å². The van der Waals surface area contributed by atoms with Crippen LogP contribution in [0.4, 0.5) is 21.8 Å². The van der Waals surface area contributed by atoms with Crippen LogP contribution in [-0.4, -0.2) is 57.6 Å². The first-order chi connectivity index (χ1) is 9.86. The fourth-order valence-corrected chi connectivity index (χ4v) is 2.68. The molecule has 0 saturated carbocycles. The summed E-state index contributed by atoms with van der Waals surface area (Å²) in [5.41, 5.74) is 3.04. The zero-order valence-electron chi connectivity index (χ0n) is 11.2. The third kappa shape index (κ3) is 1.94. The van der Waals surface area contributed by atoms with E-state index in [9.17, 15) is 14.3 Å². The molecule has 9 nitrogen and oxygen atoms in total. The molecule has 0 aliphatic carbocycles. The van der Waals surface area contributed by atoms with Gasteiger partial charge in [-0.2, -0.15) is 4.98 Å². The summed E-state index contributed by atoms with van der Waals surface area (Å²) < 4.78 is 20.1. The van der Waals surface area contributed by atoms with Crippen molar-refractivity contribution in [3.8, 4) is 0 Å². The molecule has 1 aromatic rings. The number of fused-ring (bicyclic) bond motifs is 1. The molecule has 0 radical (unpaired) electrons. The number of rotatable bonds is 2. The van der Waals surface area contributed by atoms with Crippen LogP contribution in [-0.2, 0) is 4.74 Å². The number of ether oxygens (including phenoxy) is 1. The highest BCUT2D eigenvalue weighted by Gasteiger charge is 2.57. The zero-order valence-corrected chi connectivity index (χ0v) is 11.2. The Morgan fingerprint density at radius 2 is 2.38 bits per heavy atom. The number of aromatic amines is 1. The van der Waals surface area contributed by atoms with Crippen LogP contribution < -0.4 is 21.5 Å². The van der Waals surface area contributed by atoms with Gasteiger partial charge in [0.1, 0.15) is 17.9 Å². The number of aliphatic hydroxyl groups is 2. The first kappa shape index (κ1) is 14.0. The fraction of sp³-hybridized carbons (Fsp3) is 0.636. The third-order valence-electron chi connectivity index (χ3n) is 3.80. The average Bonchev–Trinajstić information content (AvgIpc) is 2.91. The van der Waals surface area contributed by atoms with Gasteiger partial charge in [0.15, 0.2) is 17.7 Å². The number of nitrogen functional groups attached to an aromatic ring is 1. The highest BCUT2D eigenvalue weighted by molar-refractivity contribution is 5.71. The van der Waals surface area contributed by atoms with Crippen LogP contribution in [0.15, 0.2) is 4.79 Å². The maximum Gasteiger partial charge on any atom is 0.277 e. The van der Waals surface area contributed by atoms with Gasteiger partial charge in [-0.05, 0) is 6.92 Å². The summed E-state index contributed by atoms with van der Waals surface area (Å²) in [6, 6.07) is 0. The number of nitrogens with zero attached hydrogens (tertiary/aromatic N) is 2. The molecule has 3 unspecified atom stereocenters. The molecule has 4 atom stereocenters. The van der Waals surface area contributed by atoms with E-state index in [1.54, 1.807) is 0 Å². The molecule has 1 saturated heterocycles. The lowest BCUT2D eigenvalue weighted by Crippen LogP contribution is -2.50. The topological polar surface area (TPSA) is 137 Å². The zero-order chi connectivity index (χ0) is 15.4. The van der Waals surface area contributed by atoms with Gasteiger partial charge in [-0.1, -0.05) is 0 Å². The summed E-state index contributed by atoms with van der Waals surface area (Å²) in [4.78, 5) is 19.4. The first-order valence-corrected chi connectivity index (χ1v) is 6.40. The van der Waals surface area contributed by atoms with E-state index in [4.69, 9.17) is 15.6 Å². The lowest BCUT2D eigenvalue weighted by Gasteiger charge is -2.31. The van der Waals surface area contributed by atoms with E-state index in [2.05, 4.69) is 15.3 Å². The molecular weight excluding hydrogens is 285 g/mol. The van der Waals surface area contributed by atoms with E-state index in [-0.39, 0.29) is 24.1 Å². The number of aliphatic hydroxyl groups excluding tert-OH is 2. The van der Waals surface area contributed by atoms with E-state index in [0.29, 0.717) is 0 Å². The van der Waals surface area contributed by atoms with Gasteiger partial charge in [0.2, 0.25) is 5.95 Å². The Hall–Kier alpha value is -1.91. The van der Waals surface area contributed by atoms with Crippen LogP contribution in [0, 0.1) is 0 Å². The number of anilines is 3. The second-order valence-corrected chi connectivity index (χ2v) is 5.26. The molecule has 3 heterocycles. The van der Waals surface area contributed by atoms with Crippen LogP contribution in [0.1, 0.15) is 6.92 Å². The van der Waals surface area contributed by atoms with E-state index < -0.39 is 36.3 Å². The summed E-state index contributed by atoms with van der Waals surface area (Å²) in [6.45, 7) is 0.729. The number of aromatic nitrogens is 2. The number of nitrogens with two attached hydrogens (primary N) is 1. The second kappa shape index (κ2) is 4.55. The molecular formula is C11H16FN5O4. The molecule has 0 bridgehead atoms. The third-order valence-corrected chi connectivity index (χ3v) is 3.80. The monoisotopic (exact) mass is 301 g/mol. The largest absolute Gasteiger partial charge is 0.394 e. The molecule has 0 spiro atoms. The molecule has 2 aliphatic rings. The maximum absolute atomic E-state index is 14.8. The number of H-pyrrole nitrogens is 1. The highest BCUT2D eigenvalue weighted by atomic mass is 19.1. The Labute approximate surface area is 118 Å². The highest BCUT2D eigenvalue weighted by Crippen LogP contribution is 2.40.